The fourth-order valence-electron chi connectivity index (χ4n) is 4.03. The molecule has 0 aromatic heterocycles. The van der Waals surface area contributed by atoms with Gasteiger partial charge in [0, 0.05) is 48.1 Å². The zero-order chi connectivity index (χ0) is 25.8. The molecule has 10 heteroatoms. The second kappa shape index (κ2) is 11.3. The fraction of sp³-hybridized carbons (Fsp3) is 0.231. The quantitative estimate of drug-likeness (QED) is 0.417. The van der Waals surface area contributed by atoms with Crippen LogP contribution in [0.5, 0.6) is 11.5 Å². The number of benzene rings is 3. The van der Waals surface area contributed by atoms with Crippen LogP contribution in [0.15, 0.2) is 54.6 Å². The smallest absolute Gasteiger partial charge is 0.257 e. The number of rotatable bonds is 6. The van der Waals surface area contributed by atoms with Crippen molar-refractivity contribution >= 4 is 58.0 Å². The molecule has 2 amide bonds. The van der Waals surface area contributed by atoms with Crippen molar-refractivity contribution in [2.75, 3.05) is 50.6 Å². The van der Waals surface area contributed by atoms with Crippen LogP contribution >= 0.6 is 34.8 Å². The lowest BCUT2D eigenvalue weighted by atomic mass is 10.1. The van der Waals surface area contributed by atoms with Gasteiger partial charge in [-0.05, 0) is 54.6 Å². The molecule has 3 aromatic rings. The van der Waals surface area contributed by atoms with Crippen LogP contribution < -0.4 is 19.7 Å². The Morgan fingerprint density at radius 2 is 1.47 bits per heavy atom. The van der Waals surface area contributed by atoms with Gasteiger partial charge in [0.05, 0.1) is 29.8 Å². The molecule has 0 bridgehead atoms. The maximum Gasteiger partial charge on any atom is 0.257 e. The molecule has 0 atom stereocenters. The maximum absolute atomic E-state index is 13.0. The third kappa shape index (κ3) is 5.64. The monoisotopic (exact) mass is 547 g/mol. The summed E-state index contributed by atoms with van der Waals surface area (Å²) in [6.07, 6.45) is 0. The Bertz CT molecular complexity index is 1250. The van der Waals surface area contributed by atoms with Gasteiger partial charge in [-0.3, -0.25) is 9.59 Å². The van der Waals surface area contributed by atoms with Gasteiger partial charge in [-0.15, -0.1) is 0 Å². The Balaban J connectivity index is 1.37. The molecule has 0 saturated carbocycles. The van der Waals surface area contributed by atoms with E-state index < -0.39 is 0 Å². The Morgan fingerprint density at radius 1 is 0.833 bits per heavy atom. The Hall–Kier alpha value is -3.13. The molecule has 0 unspecified atom stereocenters. The van der Waals surface area contributed by atoms with Crippen molar-refractivity contribution in [3.8, 4) is 11.5 Å². The molecule has 188 valence electrons. The van der Waals surface area contributed by atoms with Crippen molar-refractivity contribution < 1.29 is 19.1 Å². The van der Waals surface area contributed by atoms with Crippen molar-refractivity contribution in [2.24, 2.45) is 0 Å². The van der Waals surface area contributed by atoms with Crippen molar-refractivity contribution in [2.45, 2.75) is 0 Å². The zero-order valence-corrected chi connectivity index (χ0v) is 22.0. The highest BCUT2D eigenvalue weighted by molar-refractivity contribution is 6.37. The number of halogens is 3. The molecular formula is C26H24Cl3N3O4. The van der Waals surface area contributed by atoms with Gasteiger partial charge in [0.2, 0.25) is 0 Å². The first-order chi connectivity index (χ1) is 17.3. The second-order valence-electron chi connectivity index (χ2n) is 8.10. The van der Waals surface area contributed by atoms with Crippen LogP contribution in [-0.4, -0.2) is 57.1 Å². The first-order valence-electron chi connectivity index (χ1n) is 11.1. The number of anilines is 2. The van der Waals surface area contributed by atoms with Gasteiger partial charge in [0.25, 0.3) is 11.8 Å². The molecule has 0 spiro atoms. The average Bonchev–Trinajstić information content (AvgIpc) is 2.88. The fourth-order valence-corrected chi connectivity index (χ4v) is 4.84. The van der Waals surface area contributed by atoms with Crippen LogP contribution in [0.4, 0.5) is 11.4 Å². The number of carbonyl (C=O) groups excluding carboxylic acids is 2. The molecule has 1 saturated heterocycles. The van der Waals surface area contributed by atoms with Crippen LogP contribution in [-0.2, 0) is 0 Å². The molecule has 1 fully saturated rings. The van der Waals surface area contributed by atoms with E-state index in [2.05, 4.69) is 10.2 Å². The van der Waals surface area contributed by atoms with Crippen LogP contribution in [0, 0.1) is 0 Å². The Kier molecular flexibility index (Phi) is 8.14. The van der Waals surface area contributed by atoms with Gasteiger partial charge in [0.1, 0.15) is 5.75 Å². The summed E-state index contributed by atoms with van der Waals surface area (Å²) in [5.41, 5.74) is 2.41. The van der Waals surface area contributed by atoms with Gasteiger partial charge < -0.3 is 24.6 Å². The van der Waals surface area contributed by atoms with E-state index in [1.54, 1.807) is 23.1 Å². The van der Waals surface area contributed by atoms with E-state index in [0.29, 0.717) is 59.5 Å². The van der Waals surface area contributed by atoms with E-state index in [9.17, 15) is 9.59 Å². The Morgan fingerprint density at radius 3 is 2.06 bits per heavy atom. The number of piperazine rings is 1. The van der Waals surface area contributed by atoms with Crippen LogP contribution in [0.2, 0.25) is 15.1 Å². The maximum atomic E-state index is 13.0. The summed E-state index contributed by atoms with van der Waals surface area (Å²) in [5, 5.41) is 3.86. The SMILES string of the molecule is COc1ccc(Cl)cc1C(=O)N1CCN(c2ccc(NC(=O)c3cc(Cl)c(OC)c(Cl)c3)cc2)CC1. The number of hydrogen-bond donors (Lipinski definition) is 1. The van der Waals surface area contributed by atoms with Crippen LogP contribution in [0.3, 0.4) is 0 Å². The normalized spacial score (nSPS) is 13.4. The van der Waals surface area contributed by atoms with Crippen molar-refractivity contribution in [3.63, 3.8) is 0 Å². The van der Waals surface area contributed by atoms with Gasteiger partial charge in [-0.1, -0.05) is 34.8 Å². The number of nitrogens with one attached hydrogen (secondary N) is 1. The molecular weight excluding hydrogens is 525 g/mol. The molecule has 36 heavy (non-hydrogen) atoms. The molecule has 0 aliphatic carbocycles. The van der Waals surface area contributed by atoms with Crippen LogP contribution in [0.1, 0.15) is 20.7 Å². The van der Waals surface area contributed by atoms with Gasteiger partial charge >= 0.3 is 0 Å². The van der Waals surface area contributed by atoms with Gasteiger partial charge in [-0.25, -0.2) is 0 Å². The number of carbonyl (C=O) groups is 2. The molecule has 1 heterocycles. The lowest BCUT2D eigenvalue weighted by Gasteiger charge is -2.36. The molecule has 7 nitrogen and oxygen atoms in total. The van der Waals surface area contributed by atoms with Crippen LogP contribution in [0.25, 0.3) is 0 Å². The summed E-state index contributed by atoms with van der Waals surface area (Å²) in [6.45, 7) is 2.46. The second-order valence-corrected chi connectivity index (χ2v) is 9.35. The number of hydrogen-bond acceptors (Lipinski definition) is 5. The molecule has 1 aliphatic heterocycles. The summed E-state index contributed by atoms with van der Waals surface area (Å²) in [6, 6.07) is 15.6. The third-order valence-electron chi connectivity index (χ3n) is 5.91. The predicted molar refractivity (Wildman–Crippen MR) is 144 cm³/mol. The highest BCUT2D eigenvalue weighted by Gasteiger charge is 2.25. The molecule has 1 aliphatic rings. The first-order valence-corrected chi connectivity index (χ1v) is 12.3. The lowest BCUT2D eigenvalue weighted by Crippen LogP contribution is -2.48. The van der Waals surface area contributed by atoms with Crippen molar-refractivity contribution in [1.82, 2.24) is 4.90 Å². The number of nitrogens with zero attached hydrogens (tertiary/aromatic N) is 2. The standard InChI is InChI=1S/C26H24Cl3N3O4/c1-35-23-8-3-17(27)15-20(23)26(34)32-11-9-31(10-12-32)19-6-4-18(5-7-19)30-25(33)16-13-21(28)24(36-2)22(29)14-16/h3-8,13-15H,9-12H2,1-2H3,(H,30,33). The Labute approximate surface area is 224 Å². The molecule has 1 N–H and O–H groups in total. The summed E-state index contributed by atoms with van der Waals surface area (Å²) >= 11 is 18.4. The van der Waals surface area contributed by atoms with E-state index >= 15 is 0 Å². The average molecular weight is 549 g/mol. The minimum absolute atomic E-state index is 0.106. The largest absolute Gasteiger partial charge is 0.496 e. The summed E-state index contributed by atoms with van der Waals surface area (Å²) < 4.78 is 10.5. The number of amides is 2. The van der Waals surface area contributed by atoms with Crippen molar-refractivity contribution in [1.29, 1.82) is 0 Å². The highest BCUT2D eigenvalue weighted by atomic mass is 35.5. The van der Waals surface area contributed by atoms with E-state index in [4.69, 9.17) is 44.3 Å². The molecule has 0 radical (unpaired) electrons. The van der Waals surface area contributed by atoms with E-state index in [1.165, 1.54) is 26.4 Å². The molecule has 3 aromatic carbocycles. The molecule has 4 rings (SSSR count). The minimum atomic E-state index is -0.335. The summed E-state index contributed by atoms with van der Waals surface area (Å²) in [4.78, 5) is 29.7. The summed E-state index contributed by atoms with van der Waals surface area (Å²) in [7, 11) is 2.99. The number of methoxy groups -OCH3 is 2. The van der Waals surface area contributed by atoms with Gasteiger partial charge in [-0.2, -0.15) is 0 Å². The third-order valence-corrected chi connectivity index (χ3v) is 6.71. The zero-order valence-electron chi connectivity index (χ0n) is 19.7. The summed E-state index contributed by atoms with van der Waals surface area (Å²) in [5.74, 6) is 0.389. The topological polar surface area (TPSA) is 71.1 Å². The minimum Gasteiger partial charge on any atom is -0.496 e. The lowest BCUT2D eigenvalue weighted by molar-refractivity contribution is 0.0743. The highest BCUT2D eigenvalue weighted by Crippen LogP contribution is 2.34. The van der Waals surface area contributed by atoms with E-state index in [1.807, 2.05) is 24.3 Å². The van der Waals surface area contributed by atoms with Crippen molar-refractivity contribution in [3.05, 3.63) is 80.8 Å². The first kappa shape index (κ1) is 25.9. The number of ether oxygens (including phenoxy) is 2. The predicted octanol–water partition coefficient (Wildman–Crippen LogP) is 5.88. The van der Waals surface area contributed by atoms with E-state index in [0.717, 1.165) is 5.69 Å². The van der Waals surface area contributed by atoms with Gasteiger partial charge in [0.15, 0.2) is 5.75 Å². The van der Waals surface area contributed by atoms with E-state index in [-0.39, 0.29) is 21.9 Å².